The molecule has 0 aliphatic heterocycles. The standard InChI is InChI=1S/C75H56N2/c1-73(2)61-26-16-13-23-52(61)55-37-32-49(42-64(55)73)76(50-33-38-56-53-24-14-17-27-62(53)74(3,4)65(56)43-50)67-40-31-46-29-36-59-69-48(30-35-58(67)68(46)69)41-60-70(45-19-9-7-10-20-45)71(47-21-11-8-12-22-47)77(72(59)60)51-34-39-57-54-25-15-18-28-63(54)75(5,6)66(57)44-51/h7-44H,1-6H3. The fraction of sp³-hybridized carbons (Fsp3) is 0.120. The molecule has 0 unspecified atom stereocenters. The van der Waals surface area contributed by atoms with Crippen molar-refractivity contribution in [2.75, 3.05) is 4.90 Å². The Kier molecular flexibility index (Phi) is 8.96. The Morgan fingerprint density at radius 1 is 0.325 bits per heavy atom. The summed E-state index contributed by atoms with van der Waals surface area (Å²) in [4.78, 5) is 2.56. The molecule has 0 saturated heterocycles. The zero-order valence-corrected chi connectivity index (χ0v) is 44.3. The number of benzene rings is 12. The molecule has 366 valence electrons. The van der Waals surface area contributed by atoms with Crippen molar-refractivity contribution in [1.82, 2.24) is 4.57 Å². The van der Waals surface area contributed by atoms with Gasteiger partial charge in [0.2, 0.25) is 0 Å². The van der Waals surface area contributed by atoms with Crippen LogP contribution >= 0.6 is 0 Å². The van der Waals surface area contributed by atoms with E-state index in [2.05, 4.69) is 282 Å². The smallest absolute Gasteiger partial charge is 0.0620 e. The fourth-order valence-electron chi connectivity index (χ4n) is 14.8. The molecule has 1 heterocycles. The summed E-state index contributed by atoms with van der Waals surface area (Å²) >= 11 is 0. The van der Waals surface area contributed by atoms with Crippen LogP contribution in [0.15, 0.2) is 231 Å². The Morgan fingerprint density at radius 3 is 1.34 bits per heavy atom. The molecule has 0 atom stereocenters. The second-order valence-corrected chi connectivity index (χ2v) is 23.6. The predicted octanol–water partition coefficient (Wildman–Crippen LogP) is 20.3. The number of aromatic nitrogens is 1. The number of hydrogen-bond donors (Lipinski definition) is 0. The van der Waals surface area contributed by atoms with Crippen LogP contribution in [-0.4, -0.2) is 4.57 Å². The average Bonchev–Trinajstić information content (AvgIpc) is 4.32. The zero-order chi connectivity index (χ0) is 51.7. The van der Waals surface area contributed by atoms with Gasteiger partial charge in [0.05, 0.1) is 16.9 Å². The lowest BCUT2D eigenvalue weighted by atomic mass is 9.82. The van der Waals surface area contributed by atoms with Crippen LogP contribution in [0, 0.1) is 0 Å². The molecule has 2 heteroatoms. The van der Waals surface area contributed by atoms with E-state index in [0.29, 0.717) is 0 Å². The Morgan fingerprint density at radius 2 is 0.766 bits per heavy atom. The van der Waals surface area contributed by atoms with Gasteiger partial charge in [-0.2, -0.15) is 0 Å². The van der Waals surface area contributed by atoms with E-state index in [1.807, 2.05) is 0 Å². The molecule has 0 radical (unpaired) electrons. The van der Waals surface area contributed by atoms with Gasteiger partial charge in [-0.05, 0) is 148 Å². The first-order chi connectivity index (χ1) is 37.5. The molecule has 12 aromatic carbocycles. The van der Waals surface area contributed by atoms with Crippen molar-refractivity contribution < 1.29 is 0 Å². The topological polar surface area (TPSA) is 8.17 Å². The van der Waals surface area contributed by atoms with Crippen LogP contribution in [0.5, 0.6) is 0 Å². The Bertz CT molecular complexity index is 4530. The number of fused-ring (bicyclic) bond motifs is 11. The maximum atomic E-state index is 2.61. The van der Waals surface area contributed by atoms with Crippen molar-refractivity contribution >= 4 is 60.3 Å². The normalized spacial score (nSPS) is 14.9. The highest BCUT2D eigenvalue weighted by Gasteiger charge is 2.39. The van der Waals surface area contributed by atoms with Crippen LogP contribution in [0.1, 0.15) is 74.9 Å². The lowest BCUT2D eigenvalue weighted by molar-refractivity contribution is 0.659. The molecule has 16 rings (SSSR count). The average molecular weight is 985 g/mol. The summed E-state index contributed by atoms with van der Waals surface area (Å²) < 4.78 is 2.61. The van der Waals surface area contributed by atoms with Gasteiger partial charge in [0.25, 0.3) is 0 Å². The van der Waals surface area contributed by atoms with Gasteiger partial charge in [0.1, 0.15) is 0 Å². The van der Waals surface area contributed by atoms with Gasteiger partial charge in [-0.15, -0.1) is 0 Å². The van der Waals surface area contributed by atoms with Gasteiger partial charge >= 0.3 is 0 Å². The molecule has 3 aliphatic carbocycles. The van der Waals surface area contributed by atoms with E-state index >= 15 is 0 Å². The second-order valence-electron chi connectivity index (χ2n) is 23.6. The molecule has 0 fully saturated rings. The monoisotopic (exact) mass is 984 g/mol. The molecule has 0 saturated carbocycles. The van der Waals surface area contributed by atoms with Crippen LogP contribution in [0.25, 0.3) is 105 Å². The van der Waals surface area contributed by atoms with Crippen molar-refractivity contribution in [3.05, 3.63) is 264 Å². The number of hydrogen-bond acceptors (Lipinski definition) is 1. The predicted molar refractivity (Wildman–Crippen MR) is 325 cm³/mol. The van der Waals surface area contributed by atoms with Crippen molar-refractivity contribution in [2.45, 2.75) is 57.8 Å². The van der Waals surface area contributed by atoms with E-state index in [1.165, 1.54) is 144 Å². The highest BCUT2D eigenvalue weighted by molar-refractivity contribution is 6.32. The van der Waals surface area contributed by atoms with Crippen LogP contribution in [-0.2, 0) is 16.2 Å². The van der Waals surface area contributed by atoms with E-state index in [1.54, 1.807) is 0 Å². The molecule has 3 aliphatic rings. The zero-order valence-electron chi connectivity index (χ0n) is 44.3. The molecule has 0 bridgehead atoms. The van der Waals surface area contributed by atoms with Crippen molar-refractivity contribution in [1.29, 1.82) is 0 Å². The largest absolute Gasteiger partial charge is 0.310 e. The van der Waals surface area contributed by atoms with E-state index in [-0.39, 0.29) is 16.2 Å². The molecule has 0 spiro atoms. The summed E-state index contributed by atoms with van der Waals surface area (Å²) in [5.41, 5.74) is 26.4. The van der Waals surface area contributed by atoms with Crippen LogP contribution < -0.4 is 4.90 Å². The van der Waals surface area contributed by atoms with Crippen molar-refractivity contribution in [2.24, 2.45) is 0 Å². The van der Waals surface area contributed by atoms with Crippen molar-refractivity contribution in [3.63, 3.8) is 0 Å². The minimum absolute atomic E-state index is 0.159. The molecule has 77 heavy (non-hydrogen) atoms. The molecular formula is C75H56N2. The minimum Gasteiger partial charge on any atom is -0.310 e. The summed E-state index contributed by atoms with van der Waals surface area (Å²) in [6.45, 7) is 14.3. The summed E-state index contributed by atoms with van der Waals surface area (Å²) in [6, 6.07) is 87.7. The number of rotatable bonds is 6. The minimum atomic E-state index is -0.161. The van der Waals surface area contributed by atoms with E-state index in [4.69, 9.17) is 0 Å². The quantitative estimate of drug-likeness (QED) is 0.151. The summed E-state index contributed by atoms with van der Waals surface area (Å²) in [7, 11) is 0. The molecule has 1 aromatic heterocycles. The molecule has 2 nitrogen and oxygen atoms in total. The molecule has 0 amide bonds. The van der Waals surface area contributed by atoms with Crippen molar-refractivity contribution in [3.8, 4) is 61.5 Å². The first-order valence-corrected chi connectivity index (χ1v) is 27.4. The Balaban J connectivity index is 0.988. The lowest BCUT2D eigenvalue weighted by Crippen LogP contribution is -2.18. The van der Waals surface area contributed by atoms with Gasteiger partial charge in [-0.1, -0.05) is 224 Å². The highest BCUT2D eigenvalue weighted by Crippen LogP contribution is 2.56. The van der Waals surface area contributed by atoms with E-state index < -0.39 is 0 Å². The summed E-state index contributed by atoms with van der Waals surface area (Å²) in [6.07, 6.45) is 0. The van der Waals surface area contributed by atoms with Gasteiger partial charge in [0.15, 0.2) is 0 Å². The SMILES string of the molecule is CC1(C)c2ccccc2-c2ccc(N(c3ccc4c(c3)C(C)(C)c3ccccc3-4)c3ccc4ccc5c6c(ccc3c46)cc3c(-c4ccccc4)c(-c4ccccc4)n(-c4ccc6c(c4)C(C)(C)c4ccccc4-6)c35)cc21. The molecule has 13 aromatic rings. The Hall–Kier alpha value is -8.98. The Labute approximate surface area is 450 Å². The second kappa shape index (κ2) is 15.6. The summed E-state index contributed by atoms with van der Waals surface area (Å²) in [5.74, 6) is 0. The van der Waals surface area contributed by atoms with E-state index in [0.717, 1.165) is 11.4 Å². The molecular weight excluding hydrogens is 929 g/mol. The summed E-state index contributed by atoms with van der Waals surface area (Å²) in [5, 5.41) is 8.77. The van der Waals surface area contributed by atoms with Gasteiger partial charge < -0.3 is 9.47 Å². The van der Waals surface area contributed by atoms with Gasteiger partial charge in [-0.3, -0.25) is 0 Å². The van der Waals surface area contributed by atoms with Crippen LogP contribution in [0.4, 0.5) is 17.1 Å². The number of nitrogens with zero attached hydrogens (tertiary/aromatic N) is 2. The fourth-order valence-corrected chi connectivity index (χ4v) is 14.8. The lowest BCUT2D eigenvalue weighted by Gasteiger charge is -2.31. The third kappa shape index (κ3) is 5.96. The molecule has 0 N–H and O–H groups in total. The van der Waals surface area contributed by atoms with Crippen LogP contribution in [0.3, 0.4) is 0 Å². The first kappa shape index (κ1) is 44.3. The number of anilines is 3. The first-order valence-electron chi connectivity index (χ1n) is 27.4. The third-order valence-corrected chi connectivity index (χ3v) is 18.5. The maximum Gasteiger partial charge on any atom is 0.0620 e. The third-order valence-electron chi connectivity index (χ3n) is 18.5. The maximum absolute atomic E-state index is 2.61. The van der Waals surface area contributed by atoms with Gasteiger partial charge in [-0.25, -0.2) is 0 Å². The van der Waals surface area contributed by atoms with Crippen LogP contribution in [0.2, 0.25) is 0 Å². The van der Waals surface area contributed by atoms with E-state index in [9.17, 15) is 0 Å². The van der Waals surface area contributed by atoms with Gasteiger partial charge in [0, 0.05) is 55.0 Å². The highest BCUT2D eigenvalue weighted by atomic mass is 15.1.